The molecule has 1 saturated heterocycles. The lowest BCUT2D eigenvalue weighted by atomic mass is 10.0. The first-order chi connectivity index (χ1) is 9.54. The molecule has 0 aromatic carbocycles. The average molecular weight is 282 g/mol. The van der Waals surface area contributed by atoms with Crippen molar-refractivity contribution in [3.63, 3.8) is 0 Å². The van der Waals surface area contributed by atoms with Gasteiger partial charge in [-0.25, -0.2) is 4.98 Å². The lowest BCUT2D eigenvalue weighted by Gasteiger charge is -2.25. The van der Waals surface area contributed by atoms with Crippen LogP contribution in [0.25, 0.3) is 0 Å². The number of hydrogen-bond acceptors (Lipinski definition) is 5. The largest absolute Gasteiger partial charge is 0.481 e. The van der Waals surface area contributed by atoms with Gasteiger partial charge >= 0.3 is 5.97 Å². The van der Waals surface area contributed by atoms with Gasteiger partial charge in [-0.2, -0.15) is 0 Å². The van der Waals surface area contributed by atoms with Gasteiger partial charge in [-0.1, -0.05) is 6.92 Å². The molecule has 0 radical (unpaired) electrons. The van der Waals surface area contributed by atoms with E-state index in [1.165, 1.54) is 4.90 Å². The third-order valence-corrected chi connectivity index (χ3v) is 3.40. The van der Waals surface area contributed by atoms with E-state index < -0.39 is 23.8 Å². The normalized spacial score (nSPS) is 21.9. The van der Waals surface area contributed by atoms with E-state index in [1.807, 2.05) is 6.92 Å². The van der Waals surface area contributed by atoms with Crippen molar-refractivity contribution in [2.75, 3.05) is 20.3 Å². The number of H-pyrrole nitrogens is 1. The maximum atomic E-state index is 12.2. The van der Waals surface area contributed by atoms with Crippen molar-refractivity contribution in [1.29, 1.82) is 0 Å². The first-order valence-corrected chi connectivity index (χ1v) is 6.53. The second-order valence-corrected chi connectivity index (χ2v) is 4.82. The van der Waals surface area contributed by atoms with Gasteiger partial charge in [0, 0.05) is 13.5 Å². The Bertz CT molecular complexity index is 501. The van der Waals surface area contributed by atoms with Crippen molar-refractivity contribution < 1.29 is 19.4 Å². The van der Waals surface area contributed by atoms with Crippen LogP contribution in [0.4, 0.5) is 0 Å². The van der Waals surface area contributed by atoms with Gasteiger partial charge in [0.2, 0.25) is 5.82 Å². The Morgan fingerprint density at radius 1 is 1.50 bits per heavy atom. The van der Waals surface area contributed by atoms with Gasteiger partial charge in [0.25, 0.3) is 5.91 Å². The van der Waals surface area contributed by atoms with Crippen LogP contribution < -0.4 is 0 Å². The van der Waals surface area contributed by atoms with Crippen molar-refractivity contribution in [2.45, 2.75) is 25.8 Å². The zero-order valence-corrected chi connectivity index (χ0v) is 11.5. The minimum absolute atomic E-state index is 0.0620. The number of carbonyl (C=O) groups is 2. The van der Waals surface area contributed by atoms with E-state index in [1.54, 1.807) is 7.05 Å². The average Bonchev–Trinajstić information content (AvgIpc) is 3.06. The predicted octanol–water partition coefficient (Wildman–Crippen LogP) is -0.0712. The molecule has 1 aromatic rings. The number of nitrogens with one attached hydrogen (secondary N) is 1. The number of rotatable bonds is 5. The zero-order chi connectivity index (χ0) is 14.7. The van der Waals surface area contributed by atoms with Crippen LogP contribution in [0.15, 0.2) is 0 Å². The minimum atomic E-state index is -0.964. The van der Waals surface area contributed by atoms with E-state index in [0.717, 1.165) is 6.42 Å². The highest BCUT2D eigenvalue weighted by Crippen LogP contribution is 2.20. The van der Waals surface area contributed by atoms with Crippen molar-refractivity contribution in [3.8, 4) is 0 Å². The molecule has 8 heteroatoms. The zero-order valence-electron chi connectivity index (χ0n) is 11.5. The molecule has 2 rings (SSSR count). The van der Waals surface area contributed by atoms with Gasteiger partial charge in [-0.05, 0) is 6.42 Å². The summed E-state index contributed by atoms with van der Waals surface area (Å²) >= 11 is 0. The van der Waals surface area contributed by atoms with E-state index in [9.17, 15) is 9.59 Å². The molecule has 2 N–H and O–H groups in total. The monoisotopic (exact) mass is 282 g/mol. The molecule has 110 valence electrons. The number of carboxylic acids is 1. The molecular weight excluding hydrogens is 264 g/mol. The first kappa shape index (κ1) is 14.4. The second kappa shape index (κ2) is 6.00. The number of likely N-dealkylation sites (N-methyl/N-ethyl adjacent to an activating group) is 1. The van der Waals surface area contributed by atoms with Crippen molar-refractivity contribution >= 4 is 11.9 Å². The minimum Gasteiger partial charge on any atom is -0.481 e. The molecule has 20 heavy (non-hydrogen) atoms. The highest BCUT2D eigenvalue weighted by Gasteiger charge is 2.39. The van der Waals surface area contributed by atoms with Crippen LogP contribution in [0.2, 0.25) is 0 Å². The Kier molecular flexibility index (Phi) is 4.33. The van der Waals surface area contributed by atoms with Gasteiger partial charge < -0.3 is 14.7 Å². The van der Waals surface area contributed by atoms with E-state index in [0.29, 0.717) is 12.2 Å². The van der Waals surface area contributed by atoms with Crippen LogP contribution in [0, 0.1) is 5.92 Å². The Balaban J connectivity index is 2.09. The molecule has 1 amide bonds. The molecule has 1 aliphatic heterocycles. The topological polar surface area (TPSA) is 108 Å². The van der Waals surface area contributed by atoms with E-state index in [-0.39, 0.29) is 19.0 Å². The van der Waals surface area contributed by atoms with Crippen LogP contribution >= 0.6 is 0 Å². The Morgan fingerprint density at radius 3 is 2.90 bits per heavy atom. The Hall–Kier alpha value is -1.96. The van der Waals surface area contributed by atoms with Crippen LogP contribution in [0.3, 0.4) is 0 Å². The van der Waals surface area contributed by atoms with E-state index >= 15 is 0 Å². The Labute approximate surface area is 116 Å². The maximum absolute atomic E-state index is 12.2. The molecule has 1 aliphatic rings. The highest BCUT2D eigenvalue weighted by molar-refractivity contribution is 5.91. The Morgan fingerprint density at radius 2 is 2.25 bits per heavy atom. The number of hydrogen-bond donors (Lipinski definition) is 2. The number of carbonyl (C=O) groups excluding carboxylic acids is 1. The van der Waals surface area contributed by atoms with Crippen LogP contribution in [0.5, 0.6) is 0 Å². The van der Waals surface area contributed by atoms with E-state index in [4.69, 9.17) is 9.84 Å². The number of aromatic nitrogens is 3. The molecule has 1 fully saturated rings. The SMILES string of the molecule is CCCc1nc(C(=O)N(C)C2COCC2C(=O)O)n[nH]1. The van der Waals surface area contributed by atoms with Gasteiger partial charge in [-0.15, -0.1) is 5.10 Å². The fourth-order valence-corrected chi connectivity index (χ4v) is 2.21. The fraction of sp³-hybridized carbons (Fsp3) is 0.667. The first-order valence-electron chi connectivity index (χ1n) is 6.53. The fourth-order valence-electron chi connectivity index (χ4n) is 2.21. The third kappa shape index (κ3) is 2.79. The molecule has 0 spiro atoms. The van der Waals surface area contributed by atoms with Crippen molar-refractivity contribution in [3.05, 3.63) is 11.6 Å². The molecular formula is C12H18N4O4. The maximum Gasteiger partial charge on any atom is 0.311 e. The summed E-state index contributed by atoms with van der Waals surface area (Å²) in [6.07, 6.45) is 1.62. The molecule has 1 aromatic heterocycles. The standard InChI is InChI=1S/C12H18N4O4/c1-3-4-9-13-10(15-14-9)11(17)16(2)8-6-20-5-7(8)12(18)19/h7-8H,3-6H2,1-2H3,(H,18,19)(H,13,14,15). The summed E-state index contributed by atoms with van der Waals surface area (Å²) < 4.78 is 5.16. The quantitative estimate of drug-likeness (QED) is 0.782. The second-order valence-electron chi connectivity index (χ2n) is 4.82. The third-order valence-electron chi connectivity index (χ3n) is 3.40. The number of aliphatic carboxylic acids is 1. The predicted molar refractivity (Wildman–Crippen MR) is 68.2 cm³/mol. The summed E-state index contributed by atoms with van der Waals surface area (Å²) in [7, 11) is 1.55. The van der Waals surface area contributed by atoms with Crippen molar-refractivity contribution in [2.24, 2.45) is 5.92 Å². The molecule has 0 aliphatic carbocycles. The molecule has 0 bridgehead atoms. The summed E-state index contributed by atoms with van der Waals surface area (Å²) in [5.74, 6) is -1.36. The van der Waals surface area contributed by atoms with Gasteiger partial charge in [0.15, 0.2) is 0 Å². The number of amides is 1. The summed E-state index contributed by atoms with van der Waals surface area (Å²) in [6.45, 7) is 2.33. The summed E-state index contributed by atoms with van der Waals surface area (Å²) in [5.41, 5.74) is 0. The lowest BCUT2D eigenvalue weighted by Crippen LogP contribution is -2.44. The van der Waals surface area contributed by atoms with Crippen LogP contribution in [-0.4, -0.2) is 63.4 Å². The summed E-state index contributed by atoms with van der Waals surface area (Å²) in [4.78, 5) is 28.8. The summed E-state index contributed by atoms with van der Waals surface area (Å²) in [6, 6.07) is -0.492. The smallest absolute Gasteiger partial charge is 0.311 e. The number of ether oxygens (including phenoxy) is 1. The van der Waals surface area contributed by atoms with Gasteiger partial charge in [-0.3, -0.25) is 14.7 Å². The lowest BCUT2D eigenvalue weighted by molar-refractivity contribution is -0.142. The number of aromatic amines is 1. The molecule has 8 nitrogen and oxygen atoms in total. The molecule has 2 atom stereocenters. The van der Waals surface area contributed by atoms with Crippen LogP contribution in [-0.2, 0) is 16.0 Å². The van der Waals surface area contributed by atoms with Crippen LogP contribution in [0.1, 0.15) is 29.8 Å². The molecule has 2 heterocycles. The summed E-state index contributed by atoms with van der Waals surface area (Å²) in [5, 5.41) is 15.7. The van der Waals surface area contributed by atoms with E-state index in [2.05, 4.69) is 15.2 Å². The number of nitrogens with zero attached hydrogens (tertiary/aromatic N) is 3. The highest BCUT2D eigenvalue weighted by atomic mass is 16.5. The molecule has 2 unspecified atom stereocenters. The van der Waals surface area contributed by atoms with Gasteiger partial charge in [0.05, 0.1) is 19.3 Å². The number of carboxylic acid groups (broad SMARTS) is 1. The molecule has 0 saturated carbocycles. The van der Waals surface area contributed by atoms with Gasteiger partial charge in [0.1, 0.15) is 11.7 Å². The van der Waals surface area contributed by atoms with Crippen molar-refractivity contribution in [1.82, 2.24) is 20.1 Å². The number of aryl methyl sites for hydroxylation is 1.